The largest absolute Gasteiger partial charge is 0.487 e. The SMILES string of the molecule is CCc1nc(COc2ccc([C@@H](N)CC)cc2)cs1. The second-order valence-electron chi connectivity index (χ2n) is 4.46. The molecule has 4 heteroatoms. The molecule has 0 unspecified atom stereocenters. The van der Waals surface area contributed by atoms with Gasteiger partial charge in [0, 0.05) is 11.4 Å². The van der Waals surface area contributed by atoms with Crippen molar-refractivity contribution in [3.05, 3.63) is 45.9 Å². The molecular formula is C15H20N2OS. The van der Waals surface area contributed by atoms with Crippen molar-refractivity contribution in [3.8, 4) is 5.75 Å². The number of aryl methyl sites for hydroxylation is 1. The molecule has 0 fully saturated rings. The van der Waals surface area contributed by atoms with Crippen molar-refractivity contribution in [2.24, 2.45) is 5.73 Å². The Kier molecular flexibility index (Phi) is 4.93. The molecule has 0 saturated heterocycles. The third-order valence-electron chi connectivity index (χ3n) is 3.04. The summed E-state index contributed by atoms with van der Waals surface area (Å²) < 4.78 is 5.72. The molecule has 0 aliphatic rings. The van der Waals surface area contributed by atoms with Crippen LogP contribution in [-0.2, 0) is 13.0 Å². The maximum atomic E-state index is 5.98. The van der Waals surface area contributed by atoms with Crippen LogP contribution in [0.2, 0.25) is 0 Å². The van der Waals surface area contributed by atoms with Crippen molar-refractivity contribution in [1.82, 2.24) is 4.98 Å². The van der Waals surface area contributed by atoms with E-state index in [0.717, 1.165) is 34.9 Å². The van der Waals surface area contributed by atoms with Crippen molar-refractivity contribution in [2.75, 3.05) is 0 Å². The number of rotatable bonds is 6. The van der Waals surface area contributed by atoms with Crippen LogP contribution >= 0.6 is 11.3 Å². The highest BCUT2D eigenvalue weighted by Crippen LogP contribution is 2.19. The van der Waals surface area contributed by atoms with Gasteiger partial charge in [-0.3, -0.25) is 0 Å². The number of hydrogen-bond acceptors (Lipinski definition) is 4. The lowest BCUT2D eigenvalue weighted by atomic mass is 10.1. The maximum Gasteiger partial charge on any atom is 0.131 e. The molecule has 102 valence electrons. The fourth-order valence-corrected chi connectivity index (χ4v) is 2.51. The molecule has 1 atom stereocenters. The van der Waals surface area contributed by atoms with E-state index in [2.05, 4.69) is 24.2 Å². The maximum absolute atomic E-state index is 5.98. The van der Waals surface area contributed by atoms with Gasteiger partial charge in [0.2, 0.25) is 0 Å². The van der Waals surface area contributed by atoms with Crippen LogP contribution in [0.4, 0.5) is 0 Å². The first-order valence-electron chi connectivity index (χ1n) is 6.64. The van der Waals surface area contributed by atoms with E-state index in [1.54, 1.807) is 11.3 Å². The molecule has 2 N–H and O–H groups in total. The Labute approximate surface area is 118 Å². The minimum Gasteiger partial charge on any atom is -0.487 e. The minimum atomic E-state index is 0.111. The molecule has 0 spiro atoms. The Bertz CT molecular complexity index is 507. The quantitative estimate of drug-likeness (QED) is 0.875. The molecule has 1 aromatic heterocycles. The molecule has 19 heavy (non-hydrogen) atoms. The number of benzene rings is 1. The van der Waals surface area contributed by atoms with Gasteiger partial charge in [-0.1, -0.05) is 26.0 Å². The van der Waals surface area contributed by atoms with Gasteiger partial charge in [0.05, 0.1) is 10.7 Å². The van der Waals surface area contributed by atoms with E-state index < -0.39 is 0 Å². The summed E-state index contributed by atoms with van der Waals surface area (Å²) in [6.45, 7) is 4.72. The molecule has 0 aliphatic carbocycles. The molecule has 0 bridgehead atoms. The summed E-state index contributed by atoms with van der Waals surface area (Å²) in [5, 5.41) is 3.21. The van der Waals surface area contributed by atoms with Crippen molar-refractivity contribution in [3.63, 3.8) is 0 Å². The predicted octanol–water partition coefficient (Wildman–Crippen LogP) is 3.69. The smallest absolute Gasteiger partial charge is 0.131 e. The molecule has 2 aromatic rings. The average Bonchev–Trinajstić information content (AvgIpc) is 2.93. The van der Waals surface area contributed by atoms with Gasteiger partial charge >= 0.3 is 0 Å². The molecule has 0 amide bonds. The van der Waals surface area contributed by atoms with Gasteiger partial charge < -0.3 is 10.5 Å². The van der Waals surface area contributed by atoms with Gasteiger partial charge in [0.25, 0.3) is 0 Å². The fraction of sp³-hybridized carbons (Fsp3) is 0.400. The summed E-state index contributed by atoms with van der Waals surface area (Å²) in [6, 6.07) is 8.11. The number of thiazole rings is 1. The van der Waals surface area contributed by atoms with Crippen LogP contribution in [-0.4, -0.2) is 4.98 Å². The number of hydrogen-bond donors (Lipinski definition) is 1. The molecule has 3 nitrogen and oxygen atoms in total. The summed E-state index contributed by atoms with van der Waals surface area (Å²) in [7, 11) is 0. The first kappa shape index (κ1) is 14.0. The van der Waals surface area contributed by atoms with Crippen LogP contribution in [0.3, 0.4) is 0 Å². The molecule has 0 saturated carbocycles. The highest BCUT2D eigenvalue weighted by molar-refractivity contribution is 7.09. The Morgan fingerprint density at radius 3 is 2.58 bits per heavy atom. The van der Waals surface area contributed by atoms with Crippen LogP contribution in [0.25, 0.3) is 0 Å². The van der Waals surface area contributed by atoms with Gasteiger partial charge in [-0.25, -0.2) is 4.98 Å². The lowest BCUT2D eigenvalue weighted by Gasteiger charge is -2.10. The van der Waals surface area contributed by atoms with Gasteiger partial charge in [0.15, 0.2) is 0 Å². The summed E-state index contributed by atoms with van der Waals surface area (Å²) in [6.07, 6.45) is 1.92. The summed E-state index contributed by atoms with van der Waals surface area (Å²) in [5.41, 5.74) is 8.12. The van der Waals surface area contributed by atoms with Gasteiger partial charge in [0.1, 0.15) is 12.4 Å². The fourth-order valence-electron chi connectivity index (χ4n) is 1.78. The number of nitrogens with two attached hydrogens (primary N) is 1. The van der Waals surface area contributed by atoms with Gasteiger partial charge in [-0.15, -0.1) is 11.3 Å². The van der Waals surface area contributed by atoms with E-state index in [9.17, 15) is 0 Å². The van der Waals surface area contributed by atoms with Crippen LogP contribution in [0.15, 0.2) is 29.6 Å². The van der Waals surface area contributed by atoms with Crippen molar-refractivity contribution >= 4 is 11.3 Å². The Hall–Kier alpha value is -1.39. The number of nitrogens with zero attached hydrogens (tertiary/aromatic N) is 1. The lowest BCUT2D eigenvalue weighted by Crippen LogP contribution is -2.08. The van der Waals surface area contributed by atoms with E-state index >= 15 is 0 Å². The third kappa shape index (κ3) is 3.78. The predicted molar refractivity (Wildman–Crippen MR) is 79.5 cm³/mol. The van der Waals surface area contributed by atoms with Crippen LogP contribution in [0.1, 0.15) is 42.6 Å². The van der Waals surface area contributed by atoms with Gasteiger partial charge in [-0.05, 0) is 30.5 Å². The number of aromatic nitrogens is 1. The first-order chi connectivity index (χ1) is 9.22. The van der Waals surface area contributed by atoms with Crippen LogP contribution in [0.5, 0.6) is 5.75 Å². The average molecular weight is 276 g/mol. The van der Waals surface area contributed by atoms with Crippen molar-refractivity contribution in [2.45, 2.75) is 39.3 Å². The van der Waals surface area contributed by atoms with Crippen molar-refractivity contribution in [1.29, 1.82) is 0 Å². The van der Waals surface area contributed by atoms with E-state index in [4.69, 9.17) is 10.5 Å². The normalized spacial score (nSPS) is 12.4. The molecule has 0 radical (unpaired) electrons. The standard InChI is InChI=1S/C15H20N2OS/c1-3-14(16)11-5-7-13(8-6-11)18-9-12-10-19-15(4-2)17-12/h5-8,10,14H,3-4,9,16H2,1-2H3/t14-/m0/s1. The zero-order chi connectivity index (χ0) is 13.7. The monoisotopic (exact) mass is 276 g/mol. The highest BCUT2D eigenvalue weighted by Gasteiger charge is 2.04. The highest BCUT2D eigenvalue weighted by atomic mass is 32.1. The number of ether oxygens (including phenoxy) is 1. The molecule has 0 aliphatic heterocycles. The minimum absolute atomic E-state index is 0.111. The topological polar surface area (TPSA) is 48.1 Å². The third-order valence-corrected chi connectivity index (χ3v) is 4.08. The summed E-state index contributed by atoms with van der Waals surface area (Å²) in [5.74, 6) is 0.859. The zero-order valence-corrected chi connectivity index (χ0v) is 12.2. The zero-order valence-electron chi connectivity index (χ0n) is 11.4. The molecular weight excluding hydrogens is 256 g/mol. The van der Waals surface area contributed by atoms with Crippen LogP contribution in [0, 0.1) is 0 Å². The van der Waals surface area contributed by atoms with E-state index in [-0.39, 0.29) is 6.04 Å². The van der Waals surface area contributed by atoms with E-state index in [1.807, 2.05) is 24.3 Å². The second-order valence-corrected chi connectivity index (χ2v) is 5.40. The molecule has 1 heterocycles. The molecule has 1 aromatic carbocycles. The van der Waals surface area contributed by atoms with Crippen molar-refractivity contribution < 1.29 is 4.74 Å². The Morgan fingerprint density at radius 1 is 1.26 bits per heavy atom. The van der Waals surface area contributed by atoms with E-state index in [1.165, 1.54) is 0 Å². The second kappa shape index (κ2) is 6.68. The van der Waals surface area contributed by atoms with Crippen LogP contribution < -0.4 is 10.5 Å². The summed E-state index contributed by atoms with van der Waals surface area (Å²) in [4.78, 5) is 4.48. The van der Waals surface area contributed by atoms with Gasteiger partial charge in [-0.2, -0.15) is 0 Å². The van der Waals surface area contributed by atoms with E-state index in [0.29, 0.717) is 6.61 Å². The lowest BCUT2D eigenvalue weighted by molar-refractivity contribution is 0.302. The first-order valence-corrected chi connectivity index (χ1v) is 7.52. The summed E-state index contributed by atoms with van der Waals surface area (Å²) >= 11 is 1.69. The molecule has 2 rings (SSSR count). The Morgan fingerprint density at radius 2 is 2.00 bits per heavy atom. The Balaban J connectivity index is 1.92.